The van der Waals surface area contributed by atoms with Gasteiger partial charge in [-0.15, -0.1) is 0 Å². The van der Waals surface area contributed by atoms with E-state index in [0.29, 0.717) is 17.3 Å². The van der Waals surface area contributed by atoms with Gasteiger partial charge in [0.25, 0.3) is 0 Å². The first-order valence-electron chi connectivity index (χ1n) is 6.69. The van der Waals surface area contributed by atoms with Crippen LogP contribution in [0.2, 0.25) is 0 Å². The normalized spacial score (nSPS) is 15.5. The molecule has 0 amide bonds. The number of benzene rings is 1. The summed E-state index contributed by atoms with van der Waals surface area (Å²) < 4.78 is 19.6. The van der Waals surface area contributed by atoms with Crippen LogP contribution >= 0.6 is 15.9 Å². The van der Waals surface area contributed by atoms with Gasteiger partial charge in [0.1, 0.15) is 11.4 Å². The Labute approximate surface area is 127 Å². The van der Waals surface area contributed by atoms with Crippen LogP contribution in [0.3, 0.4) is 0 Å². The lowest BCUT2D eigenvalue weighted by atomic mass is 9.80. The van der Waals surface area contributed by atoms with E-state index in [1.165, 1.54) is 19.1 Å². The van der Waals surface area contributed by atoms with Gasteiger partial charge in [0.15, 0.2) is 0 Å². The second kappa shape index (κ2) is 7.18. The molecule has 0 aliphatic carbocycles. The van der Waals surface area contributed by atoms with Gasteiger partial charge in [-0.05, 0) is 38.5 Å². The third kappa shape index (κ3) is 3.79. The van der Waals surface area contributed by atoms with Crippen molar-refractivity contribution >= 4 is 21.9 Å². The fourth-order valence-corrected chi connectivity index (χ4v) is 2.59. The van der Waals surface area contributed by atoms with E-state index < -0.39 is 23.3 Å². The average molecular weight is 347 g/mol. The van der Waals surface area contributed by atoms with Crippen molar-refractivity contribution in [3.05, 3.63) is 34.1 Å². The van der Waals surface area contributed by atoms with Gasteiger partial charge in [-0.25, -0.2) is 4.39 Å². The Morgan fingerprint density at radius 3 is 2.70 bits per heavy atom. The van der Waals surface area contributed by atoms with E-state index in [9.17, 15) is 14.3 Å². The Morgan fingerprint density at radius 2 is 2.15 bits per heavy atom. The molecule has 112 valence electrons. The molecule has 0 bridgehead atoms. The van der Waals surface area contributed by atoms with E-state index >= 15 is 0 Å². The second-order valence-electron chi connectivity index (χ2n) is 4.86. The highest BCUT2D eigenvalue weighted by atomic mass is 79.9. The van der Waals surface area contributed by atoms with Gasteiger partial charge in [0.05, 0.1) is 12.5 Å². The Balaban J connectivity index is 3.21. The molecule has 0 aliphatic heterocycles. The van der Waals surface area contributed by atoms with Gasteiger partial charge in [0.2, 0.25) is 0 Å². The number of esters is 1. The van der Waals surface area contributed by atoms with Crippen LogP contribution in [-0.2, 0) is 15.1 Å². The standard InChI is InChI=1S/C15H20BrFO3/c1-4-6-11(14(18)20-5-2)15(3,19)12-9-10(16)7-8-13(12)17/h7-9,11,19H,4-6H2,1-3H3. The summed E-state index contributed by atoms with van der Waals surface area (Å²) in [5.74, 6) is -1.83. The monoisotopic (exact) mass is 346 g/mol. The molecular formula is C15H20BrFO3. The highest BCUT2D eigenvalue weighted by Gasteiger charge is 2.41. The van der Waals surface area contributed by atoms with Crippen molar-refractivity contribution in [2.24, 2.45) is 5.92 Å². The molecule has 0 aromatic heterocycles. The van der Waals surface area contributed by atoms with Crippen molar-refractivity contribution in [3.8, 4) is 0 Å². The molecule has 0 saturated heterocycles. The van der Waals surface area contributed by atoms with Crippen LogP contribution in [0.1, 0.15) is 39.2 Å². The van der Waals surface area contributed by atoms with Crippen molar-refractivity contribution in [1.82, 2.24) is 0 Å². The van der Waals surface area contributed by atoms with Crippen LogP contribution in [0.25, 0.3) is 0 Å². The van der Waals surface area contributed by atoms with Crippen molar-refractivity contribution in [2.75, 3.05) is 6.61 Å². The number of halogens is 2. The Hall–Kier alpha value is -0.940. The fourth-order valence-electron chi connectivity index (χ4n) is 2.23. The predicted octanol–water partition coefficient (Wildman–Crippen LogP) is 3.78. The molecule has 2 atom stereocenters. The fraction of sp³-hybridized carbons (Fsp3) is 0.533. The number of hydrogen-bond acceptors (Lipinski definition) is 3. The smallest absolute Gasteiger partial charge is 0.312 e. The van der Waals surface area contributed by atoms with Gasteiger partial charge in [-0.2, -0.15) is 0 Å². The lowest BCUT2D eigenvalue weighted by Crippen LogP contribution is -2.39. The maximum Gasteiger partial charge on any atom is 0.312 e. The summed E-state index contributed by atoms with van der Waals surface area (Å²) in [6, 6.07) is 4.31. The third-order valence-electron chi connectivity index (χ3n) is 3.30. The van der Waals surface area contributed by atoms with Crippen LogP contribution in [0.4, 0.5) is 4.39 Å². The number of rotatable bonds is 6. The summed E-state index contributed by atoms with van der Waals surface area (Å²) in [6.45, 7) is 5.29. The minimum Gasteiger partial charge on any atom is -0.466 e. The molecule has 0 saturated carbocycles. The number of aliphatic hydroxyl groups is 1. The molecular weight excluding hydrogens is 327 g/mol. The Bertz CT molecular complexity index is 474. The molecule has 2 unspecified atom stereocenters. The van der Waals surface area contributed by atoms with Crippen LogP contribution in [-0.4, -0.2) is 17.7 Å². The van der Waals surface area contributed by atoms with Crippen molar-refractivity contribution in [1.29, 1.82) is 0 Å². The maximum atomic E-state index is 14.0. The van der Waals surface area contributed by atoms with Crippen molar-refractivity contribution in [3.63, 3.8) is 0 Å². The zero-order valence-electron chi connectivity index (χ0n) is 12.0. The van der Waals surface area contributed by atoms with Gasteiger partial charge >= 0.3 is 5.97 Å². The molecule has 0 radical (unpaired) electrons. The average Bonchev–Trinajstić information content (AvgIpc) is 2.38. The van der Waals surface area contributed by atoms with Crippen LogP contribution < -0.4 is 0 Å². The molecule has 1 rings (SSSR count). The number of carbonyl (C=O) groups is 1. The highest BCUT2D eigenvalue weighted by Crippen LogP contribution is 2.36. The first kappa shape index (κ1) is 17.1. The number of hydrogen-bond donors (Lipinski definition) is 1. The maximum absolute atomic E-state index is 14.0. The molecule has 0 fully saturated rings. The molecule has 3 nitrogen and oxygen atoms in total. The van der Waals surface area contributed by atoms with Crippen molar-refractivity contribution < 1.29 is 19.0 Å². The lowest BCUT2D eigenvalue weighted by Gasteiger charge is -2.32. The first-order valence-corrected chi connectivity index (χ1v) is 7.48. The third-order valence-corrected chi connectivity index (χ3v) is 3.79. The van der Waals surface area contributed by atoms with Crippen molar-refractivity contribution in [2.45, 2.75) is 39.2 Å². The minimum atomic E-state index is -1.61. The van der Waals surface area contributed by atoms with E-state index in [4.69, 9.17) is 4.74 Å². The predicted molar refractivity (Wildman–Crippen MR) is 78.7 cm³/mol. The van der Waals surface area contributed by atoms with Gasteiger partial charge in [-0.1, -0.05) is 29.3 Å². The Kier molecular flexibility index (Phi) is 6.14. The van der Waals surface area contributed by atoms with Gasteiger partial charge in [-0.3, -0.25) is 4.79 Å². The van der Waals surface area contributed by atoms with Crippen LogP contribution in [0.5, 0.6) is 0 Å². The van der Waals surface area contributed by atoms with E-state index in [1.807, 2.05) is 6.92 Å². The molecule has 20 heavy (non-hydrogen) atoms. The minimum absolute atomic E-state index is 0.0957. The van der Waals surface area contributed by atoms with E-state index in [-0.39, 0.29) is 12.2 Å². The van der Waals surface area contributed by atoms with E-state index in [0.717, 1.165) is 0 Å². The summed E-state index contributed by atoms with van der Waals surface area (Å²) in [5, 5.41) is 10.7. The Morgan fingerprint density at radius 1 is 1.50 bits per heavy atom. The lowest BCUT2D eigenvalue weighted by molar-refractivity contribution is -0.158. The summed E-state index contributed by atoms with van der Waals surface area (Å²) in [4.78, 5) is 12.0. The molecule has 0 heterocycles. The molecule has 0 aliphatic rings. The largest absolute Gasteiger partial charge is 0.466 e. The SMILES string of the molecule is CCCC(C(=O)OCC)C(C)(O)c1cc(Br)ccc1F. The molecule has 1 aromatic carbocycles. The van der Waals surface area contributed by atoms with Gasteiger partial charge in [0, 0.05) is 10.0 Å². The summed E-state index contributed by atoms with van der Waals surface area (Å²) in [6.07, 6.45) is 1.12. The quantitative estimate of drug-likeness (QED) is 0.797. The van der Waals surface area contributed by atoms with Crippen LogP contribution in [0.15, 0.2) is 22.7 Å². The zero-order valence-corrected chi connectivity index (χ0v) is 13.5. The molecule has 0 spiro atoms. The van der Waals surface area contributed by atoms with E-state index in [1.54, 1.807) is 13.0 Å². The number of ether oxygens (including phenoxy) is 1. The first-order chi connectivity index (χ1) is 9.34. The molecule has 5 heteroatoms. The highest BCUT2D eigenvalue weighted by molar-refractivity contribution is 9.10. The summed E-state index contributed by atoms with van der Waals surface area (Å²) >= 11 is 3.25. The summed E-state index contributed by atoms with van der Waals surface area (Å²) in [5.41, 5.74) is -1.52. The van der Waals surface area contributed by atoms with Gasteiger partial charge < -0.3 is 9.84 Å². The number of carbonyl (C=O) groups excluding carboxylic acids is 1. The zero-order chi connectivity index (χ0) is 15.3. The van der Waals surface area contributed by atoms with Crippen LogP contribution in [0, 0.1) is 11.7 Å². The van der Waals surface area contributed by atoms with E-state index in [2.05, 4.69) is 15.9 Å². The topological polar surface area (TPSA) is 46.5 Å². The summed E-state index contributed by atoms with van der Waals surface area (Å²) in [7, 11) is 0. The molecule has 1 N–H and O–H groups in total. The second-order valence-corrected chi connectivity index (χ2v) is 5.78. The molecule has 1 aromatic rings.